The van der Waals surface area contributed by atoms with E-state index >= 15 is 0 Å². The van der Waals surface area contributed by atoms with Gasteiger partial charge in [0, 0.05) is 12.3 Å². The molecule has 190 valence electrons. The van der Waals surface area contributed by atoms with Gasteiger partial charge in [0.15, 0.2) is 12.4 Å². The lowest BCUT2D eigenvalue weighted by molar-refractivity contribution is -0.153. The van der Waals surface area contributed by atoms with E-state index in [1.807, 2.05) is 0 Å². The highest BCUT2D eigenvalue weighted by atomic mass is 19.4. The van der Waals surface area contributed by atoms with Crippen molar-refractivity contribution < 1.29 is 26.7 Å². The molecule has 0 amide bonds. The summed E-state index contributed by atoms with van der Waals surface area (Å²) in [5.41, 5.74) is -0.398. The summed E-state index contributed by atoms with van der Waals surface area (Å²) in [4.78, 5) is 28.7. The van der Waals surface area contributed by atoms with Crippen molar-refractivity contribution >= 4 is 27.8 Å². The average Bonchev–Trinajstić information content (AvgIpc) is 3.24. The van der Waals surface area contributed by atoms with Crippen LogP contribution in [0.2, 0.25) is 0 Å². The molecule has 8 nitrogen and oxygen atoms in total. The highest BCUT2D eigenvalue weighted by Crippen LogP contribution is 2.28. The van der Waals surface area contributed by atoms with E-state index in [0.717, 1.165) is 16.8 Å². The van der Waals surface area contributed by atoms with Crippen molar-refractivity contribution in [3.8, 4) is 11.4 Å². The van der Waals surface area contributed by atoms with Crippen LogP contribution in [-0.4, -0.2) is 37.3 Å². The van der Waals surface area contributed by atoms with E-state index in [0.29, 0.717) is 0 Å². The molecule has 3 aromatic heterocycles. The molecule has 0 aliphatic rings. The molecule has 5 aromatic rings. The molecule has 0 saturated heterocycles. The Hall–Kier alpha value is -4.55. The first-order valence-electron chi connectivity index (χ1n) is 10.9. The number of nitrogens with one attached hydrogen (secondary N) is 2. The summed E-state index contributed by atoms with van der Waals surface area (Å²) >= 11 is 0. The van der Waals surface area contributed by atoms with Gasteiger partial charge in [0.05, 0.1) is 22.6 Å². The maximum Gasteiger partial charge on any atom is 0.422 e. The zero-order valence-corrected chi connectivity index (χ0v) is 19.0. The fourth-order valence-corrected chi connectivity index (χ4v) is 3.93. The third kappa shape index (κ3) is 4.67. The number of benzene rings is 2. The Morgan fingerprint density at radius 1 is 1.08 bits per heavy atom. The number of hydrogen-bond acceptors (Lipinski definition) is 6. The molecule has 2 aromatic carbocycles. The second-order valence-corrected chi connectivity index (χ2v) is 8.09. The maximum absolute atomic E-state index is 14.7. The smallest absolute Gasteiger partial charge is 0.422 e. The summed E-state index contributed by atoms with van der Waals surface area (Å²) in [5, 5.41) is 2.77. The van der Waals surface area contributed by atoms with Crippen molar-refractivity contribution in [2.45, 2.75) is 19.1 Å². The van der Waals surface area contributed by atoms with E-state index in [2.05, 4.69) is 25.3 Å². The van der Waals surface area contributed by atoms with Crippen LogP contribution in [-0.2, 0) is 0 Å². The molecular weight excluding hydrogens is 499 g/mol. The highest BCUT2D eigenvalue weighted by molar-refractivity contribution is 5.87. The van der Waals surface area contributed by atoms with Crippen molar-refractivity contribution in [2.24, 2.45) is 0 Å². The van der Waals surface area contributed by atoms with Gasteiger partial charge >= 0.3 is 6.18 Å². The highest BCUT2D eigenvalue weighted by Gasteiger charge is 2.28. The average molecular weight is 516 g/mol. The van der Waals surface area contributed by atoms with Crippen LogP contribution in [0.3, 0.4) is 0 Å². The van der Waals surface area contributed by atoms with Crippen LogP contribution < -0.4 is 15.6 Å². The maximum atomic E-state index is 14.7. The summed E-state index contributed by atoms with van der Waals surface area (Å²) in [6.07, 6.45) is -2.24. The Morgan fingerprint density at radius 2 is 1.86 bits per heavy atom. The Labute approximate surface area is 204 Å². The summed E-state index contributed by atoms with van der Waals surface area (Å²) in [5.74, 6) is -1.40. The molecular formula is C24H17F5N6O2. The number of alkyl halides is 3. The molecule has 3 heterocycles. The minimum absolute atomic E-state index is 0.0648. The standard InChI is InChI=1S/C24H17F5N6O2/c1-12(33-21-19-16(26)9-30-20(19)31-11-32-21)22-34-17-7-3-6-15(25)18(17)23(36)35(22)13-4-2-5-14(8-13)37-10-24(27,28)29/h2-9,11-12H,10H2,1H3,(H2,30,31,32,33). The Morgan fingerprint density at radius 3 is 2.65 bits per heavy atom. The number of nitrogens with zero attached hydrogens (tertiary/aromatic N) is 4. The number of halogens is 5. The first-order valence-corrected chi connectivity index (χ1v) is 10.9. The molecule has 1 unspecified atom stereocenters. The van der Waals surface area contributed by atoms with Crippen molar-refractivity contribution in [2.75, 3.05) is 11.9 Å². The van der Waals surface area contributed by atoms with Crippen LogP contribution in [0.15, 0.2) is 59.8 Å². The number of aromatic amines is 1. The van der Waals surface area contributed by atoms with E-state index in [-0.39, 0.29) is 45.0 Å². The van der Waals surface area contributed by atoms with Crippen molar-refractivity contribution in [1.29, 1.82) is 0 Å². The molecule has 0 bridgehead atoms. The molecule has 0 radical (unpaired) electrons. The quantitative estimate of drug-likeness (QED) is 0.307. The van der Waals surface area contributed by atoms with Gasteiger partial charge < -0.3 is 15.0 Å². The molecule has 1 atom stereocenters. The Bertz CT molecular complexity index is 1680. The predicted molar refractivity (Wildman–Crippen MR) is 125 cm³/mol. The van der Waals surface area contributed by atoms with Crippen molar-refractivity contribution in [3.05, 3.63) is 82.8 Å². The van der Waals surface area contributed by atoms with Crippen LogP contribution in [0.5, 0.6) is 5.75 Å². The Balaban J connectivity index is 1.65. The first kappa shape index (κ1) is 24.2. The van der Waals surface area contributed by atoms with Crippen LogP contribution >= 0.6 is 0 Å². The minimum Gasteiger partial charge on any atom is -0.484 e. The van der Waals surface area contributed by atoms with E-state index in [1.54, 1.807) is 6.92 Å². The van der Waals surface area contributed by atoms with E-state index < -0.39 is 36.0 Å². The second-order valence-electron chi connectivity index (χ2n) is 8.09. The number of H-pyrrole nitrogens is 1. The number of hydrogen-bond donors (Lipinski definition) is 2. The zero-order valence-electron chi connectivity index (χ0n) is 19.0. The van der Waals surface area contributed by atoms with E-state index in [1.165, 1.54) is 42.7 Å². The molecule has 0 aliphatic heterocycles. The lowest BCUT2D eigenvalue weighted by Crippen LogP contribution is -2.28. The van der Waals surface area contributed by atoms with Gasteiger partial charge in [-0.3, -0.25) is 9.36 Å². The molecule has 13 heteroatoms. The fraction of sp³-hybridized carbons (Fsp3) is 0.167. The second kappa shape index (κ2) is 9.15. The number of anilines is 1. The van der Waals surface area contributed by atoms with Crippen LogP contribution in [0, 0.1) is 11.6 Å². The van der Waals surface area contributed by atoms with Crippen LogP contribution in [0.25, 0.3) is 27.6 Å². The molecule has 5 rings (SSSR count). The van der Waals surface area contributed by atoms with Crippen molar-refractivity contribution in [1.82, 2.24) is 24.5 Å². The molecule has 0 saturated carbocycles. The topological polar surface area (TPSA) is 97.7 Å². The SMILES string of the molecule is CC(Nc1ncnc2[nH]cc(F)c12)c1nc2cccc(F)c2c(=O)n1-c1cccc(OCC(F)(F)F)c1. The third-order valence-corrected chi connectivity index (χ3v) is 5.51. The van der Waals surface area contributed by atoms with Gasteiger partial charge in [-0.1, -0.05) is 12.1 Å². The molecule has 0 fully saturated rings. The first-order chi connectivity index (χ1) is 17.6. The number of ether oxygens (including phenoxy) is 1. The molecule has 0 aliphatic carbocycles. The lowest BCUT2D eigenvalue weighted by atomic mass is 10.2. The number of fused-ring (bicyclic) bond motifs is 2. The number of rotatable bonds is 6. The van der Waals surface area contributed by atoms with E-state index in [4.69, 9.17) is 4.74 Å². The zero-order chi connectivity index (χ0) is 26.3. The molecule has 0 spiro atoms. The van der Waals surface area contributed by atoms with Crippen molar-refractivity contribution in [3.63, 3.8) is 0 Å². The van der Waals surface area contributed by atoms with Gasteiger partial charge in [-0.05, 0) is 31.2 Å². The van der Waals surface area contributed by atoms with Gasteiger partial charge in [-0.25, -0.2) is 23.7 Å². The number of aromatic nitrogens is 5. The lowest BCUT2D eigenvalue weighted by Gasteiger charge is -2.21. The monoisotopic (exact) mass is 516 g/mol. The minimum atomic E-state index is -4.57. The fourth-order valence-electron chi connectivity index (χ4n) is 3.93. The molecule has 2 N–H and O–H groups in total. The molecule has 37 heavy (non-hydrogen) atoms. The largest absolute Gasteiger partial charge is 0.484 e. The van der Waals surface area contributed by atoms with Gasteiger partial charge in [-0.2, -0.15) is 13.2 Å². The predicted octanol–water partition coefficient (Wildman–Crippen LogP) is 5.05. The Kier molecular flexibility index (Phi) is 5.97. The van der Waals surface area contributed by atoms with Gasteiger partial charge in [0.1, 0.15) is 40.6 Å². The summed E-state index contributed by atoms with van der Waals surface area (Å²) in [6.45, 7) is 0.0820. The van der Waals surface area contributed by atoms with Gasteiger partial charge in [0.25, 0.3) is 5.56 Å². The van der Waals surface area contributed by atoms with E-state index in [9.17, 15) is 26.7 Å². The normalized spacial score (nSPS) is 12.7. The summed E-state index contributed by atoms with van der Waals surface area (Å²) in [6, 6.07) is 8.49. The van der Waals surface area contributed by atoms with Crippen LogP contribution in [0.4, 0.5) is 27.8 Å². The summed E-state index contributed by atoms with van der Waals surface area (Å²) < 4.78 is 72.9. The summed E-state index contributed by atoms with van der Waals surface area (Å²) in [7, 11) is 0. The van der Waals surface area contributed by atoms with Crippen LogP contribution in [0.1, 0.15) is 18.8 Å². The van der Waals surface area contributed by atoms with Gasteiger partial charge in [0.2, 0.25) is 0 Å². The van der Waals surface area contributed by atoms with Gasteiger partial charge in [-0.15, -0.1) is 0 Å². The third-order valence-electron chi connectivity index (χ3n) is 5.51.